The predicted octanol–water partition coefficient (Wildman–Crippen LogP) is 11.5. The Hall–Kier alpha value is -5.08. The van der Waals surface area contributed by atoms with Gasteiger partial charge >= 0.3 is 0 Å². The number of benzene rings is 4. The van der Waals surface area contributed by atoms with Crippen molar-refractivity contribution in [3.05, 3.63) is 168 Å². The molecule has 0 bridgehead atoms. The lowest BCUT2D eigenvalue weighted by Crippen LogP contribution is -2.18. The van der Waals surface area contributed by atoms with E-state index in [1.54, 1.807) is 0 Å². The molecule has 0 unspecified atom stereocenters. The maximum absolute atomic E-state index is 2.47. The summed E-state index contributed by atoms with van der Waals surface area (Å²) in [5, 5.41) is 2.65. The summed E-state index contributed by atoms with van der Waals surface area (Å²) in [5.74, 6) is 0. The van der Waals surface area contributed by atoms with Crippen LogP contribution in [-0.2, 0) is 0 Å². The van der Waals surface area contributed by atoms with Gasteiger partial charge in [0.25, 0.3) is 0 Å². The van der Waals surface area contributed by atoms with Gasteiger partial charge < -0.3 is 9.47 Å². The molecule has 0 N–H and O–H groups in total. The average Bonchev–Trinajstić information content (AvgIpc) is 3.44. The third-order valence-electron chi connectivity index (χ3n) is 9.29. The summed E-state index contributed by atoms with van der Waals surface area (Å²) in [5.41, 5.74) is 13.3. The van der Waals surface area contributed by atoms with Crippen molar-refractivity contribution >= 4 is 44.5 Å². The molecule has 0 fully saturated rings. The zero-order valence-corrected chi connectivity index (χ0v) is 25.0. The molecule has 1 aromatic heterocycles. The van der Waals surface area contributed by atoms with Gasteiger partial charge in [-0.15, -0.1) is 0 Å². The monoisotopic (exact) mass is 568 g/mol. The molecule has 0 aliphatic heterocycles. The maximum atomic E-state index is 2.47. The molecule has 0 atom stereocenters. The van der Waals surface area contributed by atoms with E-state index in [0.29, 0.717) is 0 Å². The molecule has 0 amide bonds. The molecule has 2 heteroatoms. The van der Waals surface area contributed by atoms with Gasteiger partial charge in [-0.3, -0.25) is 0 Å². The number of aromatic nitrogens is 1. The first-order valence-electron chi connectivity index (χ1n) is 15.9. The molecule has 3 aliphatic rings. The minimum Gasteiger partial charge on any atom is -0.314 e. The second kappa shape index (κ2) is 11.5. The normalized spacial score (nSPS) is 16.7. The molecule has 1 heterocycles. The van der Waals surface area contributed by atoms with Crippen molar-refractivity contribution in [3.8, 4) is 0 Å². The van der Waals surface area contributed by atoms with Gasteiger partial charge in [0, 0.05) is 33.5 Å². The Morgan fingerprint density at radius 1 is 0.523 bits per heavy atom. The molecule has 0 radical (unpaired) electrons. The van der Waals surface area contributed by atoms with Crippen molar-refractivity contribution < 1.29 is 0 Å². The van der Waals surface area contributed by atoms with Crippen LogP contribution >= 0.6 is 0 Å². The highest BCUT2D eigenvalue weighted by molar-refractivity contribution is 6.10. The number of hydrogen-bond acceptors (Lipinski definition) is 1. The lowest BCUT2D eigenvalue weighted by molar-refractivity contribution is 0.846. The summed E-state index contributed by atoms with van der Waals surface area (Å²) < 4.78 is 2.47. The van der Waals surface area contributed by atoms with Gasteiger partial charge in [-0.05, 0) is 109 Å². The van der Waals surface area contributed by atoms with Crippen molar-refractivity contribution in [3.63, 3.8) is 0 Å². The first-order chi connectivity index (χ1) is 21.8. The molecule has 3 aliphatic carbocycles. The summed E-state index contributed by atoms with van der Waals surface area (Å²) in [6.45, 7) is 0. The number of anilines is 2. The zero-order chi connectivity index (χ0) is 29.3. The van der Waals surface area contributed by atoms with Crippen LogP contribution in [0.2, 0.25) is 0 Å². The Bertz CT molecular complexity index is 1990. The first kappa shape index (κ1) is 26.5. The van der Waals surface area contributed by atoms with Crippen LogP contribution in [0.5, 0.6) is 0 Å². The Labute approximate surface area is 260 Å². The third kappa shape index (κ3) is 4.87. The summed E-state index contributed by atoms with van der Waals surface area (Å²) in [6, 6.07) is 37.5. The van der Waals surface area contributed by atoms with Gasteiger partial charge in [0.1, 0.15) is 0 Å². The lowest BCUT2D eigenvalue weighted by Gasteiger charge is -2.30. The fraction of sp³-hybridized carbons (Fsp3) is 0.143. The average molecular weight is 569 g/mol. The number of nitrogens with zero attached hydrogens (tertiary/aromatic N) is 2. The van der Waals surface area contributed by atoms with E-state index in [9.17, 15) is 0 Å². The van der Waals surface area contributed by atoms with Crippen LogP contribution in [0.1, 0.15) is 44.1 Å². The zero-order valence-electron chi connectivity index (χ0n) is 25.0. The number of para-hydroxylation sites is 3. The van der Waals surface area contributed by atoms with E-state index in [-0.39, 0.29) is 0 Å². The highest BCUT2D eigenvalue weighted by Crippen LogP contribution is 2.39. The minimum absolute atomic E-state index is 1.01. The summed E-state index contributed by atoms with van der Waals surface area (Å²) >= 11 is 0. The molecule has 2 nitrogen and oxygen atoms in total. The van der Waals surface area contributed by atoms with Gasteiger partial charge in [0.05, 0.1) is 11.0 Å². The van der Waals surface area contributed by atoms with Gasteiger partial charge in [-0.25, -0.2) is 0 Å². The molecule has 5 aromatic rings. The Balaban J connectivity index is 1.10. The first-order valence-corrected chi connectivity index (χ1v) is 15.9. The second-order valence-electron chi connectivity index (χ2n) is 11.9. The molecule has 44 heavy (non-hydrogen) atoms. The molecule has 0 spiro atoms. The molecular formula is C42H36N2. The standard InChI is InChI=1S/C42H36N2/c1-3-11-31(12-4-1)32-19-25-36(26-20-32)43(35-13-5-2-6-14-35)37-27-21-33(22-28-37)34-23-29-38(30-24-34)44-41-17-9-7-15-39(41)40-16-8-10-18-42(40)44/h2-3,5-21,23,25-27,29H,1,4,22,24,28,30H2. The topological polar surface area (TPSA) is 8.17 Å². The van der Waals surface area contributed by atoms with E-state index < -0.39 is 0 Å². The van der Waals surface area contributed by atoms with E-state index in [1.807, 2.05) is 0 Å². The number of allylic oxidation sites excluding steroid dienone is 12. The van der Waals surface area contributed by atoms with Gasteiger partial charge in [-0.2, -0.15) is 0 Å². The minimum atomic E-state index is 1.01. The van der Waals surface area contributed by atoms with Crippen LogP contribution in [0.3, 0.4) is 0 Å². The molecular weight excluding hydrogens is 532 g/mol. The van der Waals surface area contributed by atoms with E-state index >= 15 is 0 Å². The lowest BCUT2D eigenvalue weighted by atomic mass is 9.89. The largest absolute Gasteiger partial charge is 0.314 e. The second-order valence-corrected chi connectivity index (χ2v) is 11.9. The molecule has 0 saturated heterocycles. The summed E-state index contributed by atoms with van der Waals surface area (Å²) in [6.07, 6.45) is 22.7. The van der Waals surface area contributed by atoms with Gasteiger partial charge in [0.2, 0.25) is 0 Å². The summed E-state index contributed by atoms with van der Waals surface area (Å²) in [4.78, 5) is 2.43. The maximum Gasteiger partial charge on any atom is 0.0537 e. The molecule has 4 aromatic carbocycles. The fourth-order valence-electron chi connectivity index (χ4n) is 7.08. The highest BCUT2D eigenvalue weighted by Gasteiger charge is 2.21. The Kier molecular flexibility index (Phi) is 6.96. The van der Waals surface area contributed by atoms with Crippen molar-refractivity contribution in [2.24, 2.45) is 0 Å². The van der Waals surface area contributed by atoms with E-state index in [1.165, 1.54) is 66.9 Å². The van der Waals surface area contributed by atoms with Crippen LogP contribution in [0, 0.1) is 0 Å². The van der Waals surface area contributed by atoms with Crippen LogP contribution in [-0.4, -0.2) is 4.57 Å². The number of rotatable bonds is 6. The number of fused-ring (bicyclic) bond motifs is 3. The van der Waals surface area contributed by atoms with Gasteiger partial charge in [0.15, 0.2) is 0 Å². The Morgan fingerprint density at radius 2 is 1.16 bits per heavy atom. The van der Waals surface area contributed by atoms with Crippen molar-refractivity contribution in [1.82, 2.24) is 4.57 Å². The molecule has 0 saturated carbocycles. The smallest absolute Gasteiger partial charge is 0.0537 e. The van der Waals surface area contributed by atoms with E-state index in [4.69, 9.17) is 0 Å². The van der Waals surface area contributed by atoms with E-state index in [0.717, 1.165) is 38.5 Å². The predicted molar refractivity (Wildman–Crippen MR) is 188 cm³/mol. The molecule has 214 valence electrons. The fourth-order valence-corrected chi connectivity index (χ4v) is 7.08. The van der Waals surface area contributed by atoms with Crippen LogP contribution in [0.4, 0.5) is 11.4 Å². The SMILES string of the molecule is C1=CC(c2ccc(N(C3=CC=C(C4=CC=C(n5c6ccccc6c6ccccc65)CC4)CC3)c3ccccc3)cc2)=CCC1. The summed E-state index contributed by atoms with van der Waals surface area (Å²) in [7, 11) is 0. The third-order valence-corrected chi connectivity index (χ3v) is 9.29. The highest BCUT2D eigenvalue weighted by atomic mass is 15.1. The van der Waals surface area contributed by atoms with Crippen molar-refractivity contribution in [1.29, 1.82) is 0 Å². The van der Waals surface area contributed by atoms with E-state index in [2.05, 4.69) is 155 Å². The van der Waals surface area contributed by atoms with Gasteiger partial charge in [-0.1, -0.05) is 97.1 Å². The van der Waals surface area contributed by atoms with Crippen molar-refractivity contribution in [2.75, 3.05) is 4.90 Å². The molecule has 8 rings (SSSR count). The van der Waals surface area contributed by atoms with Crippen LogP contribution in [0.25, 0.3) is 33.1 Å². The Morgan fingerprint density at radius 3 is 1.77 bits per heavy atom. The van der Waals surface area contributed by atoms with Crippen molar-refractivity contribution in [2.45, 2.75) is 38.5 Å². The number of hydrogen-bond donors (Lipinski definition) is 0. The van der Waals surface area contributed by atoms with Crippen LogP contribution in [0.15, 0.2) is 163 Å². The quantitative estimate of drug-likeness (QED) is 0.198. The van der Waals surface area contributed by atoms with Crippen LogP contribution < -0.4 is 4.90 Å².